The van der Waals surface area contributed by atoms with Gasteiger partial charge in [0.2, 0.25) is 0 Å². The zero-order chi connectivity index (χ0) is 24.6. The number of benzene rings is 1. The molecule has 0 aliphatic carbocycles. The van der Waals surface area contributed by atoms with Crippen molar-refractivity contribution in [3.05, 3.63) is 58.8 Å². The molecule has 5 heterocycles. The van der Waals surface area contributed by atoms with Crippen LogP contribution in [0.5, 0.6) is 11.8 Å². The van der Waals surface area contributed by atoms with E-state index in [1.807, 2.05) is 0 Å². The van der Waals surface area contributed by atoms with Gasteiger partial charge in [0.05, 0.1) is 23.3 Å². The maximum atomic E-state index is 14.6. The van der Waals surface area contributed by atoms with Crippen molar-refractivity contribution in [2.24, 2.45) is 0 Å². The summed E-state index contributed by atoms with van der Waals surface area (Å²) >= 11 is 6.34. The van der Waals surface area contributed by atoms with Crippen molar-refractivity contribution < 1.29 is 32.1 Å². The first-order valence-electron chi connectivity index (χ1n) is 11.2. The molecule has 3 atom stereocenters. The van der Waals surface area contributed by atoms with Gasteiger partial charge in [-0.25, -0.2) is 18.7 Å². The molecule has 6 rings (SSSR count). The summed E-state index contributed by atoms with van der Waals surface area (Å²) in [5.74, 6) is -1.32. The van der Waals surface area contributed by atoms with Crippen molar-refractivity contribution in [1.29, 1.82) is 0 Å². The first kappa shape index (κ1) is 23.0. The number of pyridine rings is 1. The van der Waals surface area contributed by atoms with Gasteiger partial charge < -0.3 is 33.7 Å². The first-order valence-corrected chi connectivity index (χ1v) is 11.6. The fourth-order valence-electron chi connectivity index (χ4n) is 4.22. The molecule has 2 aliphatic rings. The molecule has 3 aromatic heterocycles. The Hall–Kier alpha value is -3.48. The lowest BCUT2D eigenvalue weighted by Gasteiger charge is -2.15. The maximum absolute atomic E-state index is 14.6. The second-order valence-electron chi connectivity index (χ2n) is 8.37. The summed E-state index contributed by atoms with van der Waals surface area (Å²) in [5, 5.41) is 3.11. The summed E-state index contributed by atoms with van der Waals surface area (Å²) in [7, 11) is 0. The lowest BCUT2D eigenvalue weighted by molar-refractivity contribution is 0.0273. The predicted molar refractivity (Wildman–Crippen MR) is 122 cm³/mol. The summed E-state index contributed by atoms with van der Waals surface area (Å²) in [6, 6.07) is 4.07. The van der Waals surface area contributed by atoms with Crippen molar-refractivity contribution in [2.45, 2.75) is 37.9 Å². The highest BCUT2D eigenvalue weighted by Crippen LogP contribution is 2.31. The smallest absolute Gasteiger partial charge is 0.296 e. The van der Waals surface area contributed by atoms with Gasteiger partial charge in [-0.15, -0.1) is 0 Å². The molecule has 4 aromatic rings. The third kappa shape index (κ3) is 4.54. The van der Waals surface area contributed by atoms with Crippen molar-refractivity contribution in [1.82, 2.24) is 19.9 Å². The monoisotopic (exact) mass is 519 g/mol. The minimum absolute atomic E-state index is 0.0178. The van der Waals surface area contributed by atoms with E-state index in [1.54, 1.807) is 6.07 Å². The summed E-state index contributed by atoms with van der Waals surface area (Å²) < 4.78 is 56.8. The van der Waals surface area contributed by atoms with Crippen LogP contribution >= 0.6 is 11.6 Å². The molecule has 1 aromatic carbocycles. The zero-order valence-corrected chi connectivity index (χ0v) is 19.4. The normalized spacial score (nSPS) is 21.1. The van der Waals surface area contributed by atoms with E-state index in [0.717, 1.165) is 18.6 Å². The molecule has 13 heteroatoms. The minimum Gasteiger partial charge on any atom is -0.487 e. The number of H-pyrrole nitrogens is 1. The molecule has 0 saturated carbocycles. The molecule has 2 N–H and O–H groups in total. The summed E-state index contributed by atoms with van der Waals surface area (Å²) in [6.45, 7) is 0.868. The van der Waals surface area contributed by atoms with Gasteiger partial charge in [0, 0.05) is 30.8 Å². The second-order valence-corrected chi connectivity index (χ2v) is 8.78. The molecule has 10 nitrogen and oxygen atoms in total. The lowest BCUT2D eigenvalue weighted by Crippen LogP contribution is -2.32. The van der Waals surface area contributed by atoms with Crippen LogP contribution in [0.1, 0.15) is 17.7 Å². The molecule has 0 unspecified atom stereocenters. The van der Waals surface area contributed by atoms with Crippen LogP contribution in [0.25, 0.3) is 11.2 Å². The van der Waals surface area contributed by atoms with Crippen molar-refractivity contribution in [2.75, 3.05) is 18.5 Å². The number of aromatic nitrogens is 4. The average Bonchev–Trinajstić information content (AvgIpc) is 3.64. The quantitative estimate of drug-likeness (QED) is 0.356. The van der Waals surface area contributed by atoms with Crippen LogP contribution in [-0.2, 0) is 22.6 Å². The second kappa shape index (κ2) is 9.52. The number of halogens is 3. The Bertz CT molecular complexity index is 1360. The van der Waals surface area contributed by atoms with Gasteiger partial charge in [0.25, 0.3) is 6.01 Å². The highest BCUT2D eigenvalue weighted by atomic mass is 35.5. The van der Waals surface area contributed by atoms with Crippen LogP contribution in [0.2, 0.25) is 5.02 Å². The highest BCUT2D eigenvalue weighted by molar-refractivity contribution is 6.33. The number of aromatic amines is 1. The van der Waals surface area contributed by atoms with Crippen LogP contribution in [0, 0.1) is 11.6 Å². The number of hydrogen-bond acceptors (Lipinski definition) is 9. The molecular formula is C23H20ClF2N5O5. The van der Waals surface area contributed by atoms with E-state index in [9.17, 15) is 8.78 Å². The van der Waals surface area contributed by atoms with E-state index in [0.29, 0.717) is 30.1 Å². The molecule has 2 aliphatic heterocycles. The molecule has 0 radical (unpaired) electrons. The first-order chi connectivity index (χ1) is 17.5. The van der Waals surface area contributed by atoms with Gasteiger partial charge in [-0.3, -0.25) is 0 Å². The Morgan fingerprint density at radius 2 is 2.03 bits per heavy atom. The van der Waals surface area contributed by atoms with Crippen LogP contribution in [0.15, 0.2) is 35.3 Å². The largest absolute Gasteiger partial charge is 0.487 e. The number of nitrogens with one attached hydrogen (secondary N) is 2. The summed E-state index contributed by atoms with van der Waals surface area (Å²) in [4.78, 5) is 15.7. The van der Waals surface area contributed by atoms with E-state index >= 15 is 0 Å². The molecule has 0 bridgehead atoms. The summed E-state index contributed by atoms with van der Waals surface area (Å²) in [5.41, 5.74) is 1.18. The van der Waals surface area contributed by atoms with E-state index < -0.39 is 11.6 Å². The fourth-order valence-corrected chi connectivity index (χ4v) is 4.44. The molecule has 36 heavy (non-hydrogen) atoms. The maximum Gasteiger partial charge on any atom is 0.296 e. The van der Waals surface area contributed by atoms with Crippen molar-refractivity contribution >= 4 is 28.6 Å². The van der Waals surface area contributed by atoms with Gasteiger partial charge in [-0.05, 0) is 12.5 Å². The number of fused-ring (bicyclic) bond motifs is 2. The SMILES string of the molecule is Fc1cc(OCc2cocn2)cc(F)c1CNc1nc2nc(O[C@@H]3CO[C@@H]4CCO[C@@H]43)[nH]c2cc1Cl. The molecular weight excluding hydrogens is 500 g/mol. The molecule has 188 valence electrons. The van der Waals surface area contributed by atoms with Gasteiger partial charge >= 0.3 is 0 Å². The van der Waals surface area contributed by atoms with E-state index in [-0.39, 0.29) is 59.6 Å². The van der Waals surface area contributed by atoms with Gasteiger partial charge in [0.15, 0.2) is 18.1 Å². The Labute approximate surface area is 207 Å². The molecule has 2 saturated heterocycles. The topological polar surface area (TPSA) is 117 Å². The predicted octanol–water partition coefficient (Wildman–Crippen LogP) is 4.00. The van der Waals surface area contributed by atoms with Crippen LogP contribution in [-0.4, -0.2) is 51.5 Å². The summed E-state index contributed by atoms with van der Waals surface area (Å²) in [6.07, 6.45) is 3.10. The van der Waals surface area contributed by atoms with E-state index in [1.165, 1.54) is 12.7 Å². The number of hydrogen-bond donors (Lipinski definition) is 2. The highest BCUT2D eigenvalue weighted by Gasteiger charge is 2.43. The van der Waals surface area contributed by atoms with E-state index in [4.69, 9.17) is 35.0 Å². The molecule has 0 amide bonds. The van der Waals surface area contributed by atoms with Gasteiger partial charge in [-0.2, -0.15) is 4.98 Å². The Morgan fingerprint density at radius 1 is 1.17 bits per heavy atom. The van der Waals surface area contributed by atoms with Gasteiger partial charge in [0.1, 0.15) is 47.9 Å². The number of oxazole rings is 1. The zero-order valence-electron chi connectivity index (χ0n) is 18.7. The number of anilines is 1. The lowest BCUT2D eigenvalue weighted by atomic mass is 10.1. The van der Waals surface area contributed by atoms with Crippen LogP contribution < -0.4 is 14.8 Å². The average molecular weight is 520 g/mol. The van der Waals surface area contributed by atoms with Gasteiger partial charge in [-0.1, -0.05) is 11.6 Å². The molecule has 0 spiro atoms. The number of ether oxygens (including phenoxy) is 4. The number of rotatable bonds is 8. The molecule has 2 fully saturated rings. The van der Waals surface area contributed by atoms with Crippen LogP contribution in [0.4, 0.5) is 14.6 Å². The van der Waals surface area contributed by atoms with Crippen molar-refractivity contribution in [3.8, 4) is 11.8 Å². The standard InChI is InChI=1S/C23H20ClF2N5O5/c24-14-5-17-22(31-23(29-17)36-19-9-35-18-1-2-33-20(18)19)30-21(14)27-6-13-15(25)3-12(4-16(13)26)34-8-11-7-32-10-28-11/h3-5,7,10,18-20H,1-2,6,8-9H2,(H2,27,29,30,31)/t18-,19-,20+/m1/s1. The Morgan fingerprint density at radius 3 is 2.83 bits per heavy atom. The number of imidazole rings is 1. The Balaban J connectivity index is 1.13. The number of nitrogens with zero attached hydrogens (tertiary/aromatic N) is 3. The Kier molecular flexibility index (Phi) is 6.07. The van der Waals surface area contributed by atoms with Crippen LogP contribution in [0.3, 0.4) is 0 Å². The van der Waals surface area contributed by atoms with E-state index in [2.05, 4.69) is 25.3 Å². The van der Waals surface area contributed by atoms with Crippen molar-refractivity contribution in [3.63, 3.8) is 0 Å². The minimum atomic E-state index is -0.781. The third-order valence-corrected chi connectivity index (χ3v) is 6.29. The fraction of sp³-hybridized carbons (Fsp3) is 0.348. The third-order valence-electron chi connectivity index (χ3n) is 6.01.